The first-order valence-electron chi connectivity index (χ1n) is 5.33. The van der Waals surface area contributed by atoms with E-state index >= 15 is 0 Å². The molecule has 1 rings (SSSR count). The van der Waals surface area contributed by atoms with E-state index in [-0.39, 0.29) is 4.47 Å². The maximum absolute atomic E-state index is 12.7. The third-order valence-corrected chi connectivity index (χ3v) is 2.97. The van der Waals surface area contributed by atoms with Crippen LogP contribution < -0.4 is 5.32 Å². The van der Waals surface area contributed by atoms with Gasteiger partial charge in [0.15, 0.2) is 5.92 Å². The van der Waals surface area contributed by atoms with Crippen LogP contribution in [0.2, 0.25) is 0 Å². The quantitative estimate of drug-likeness (QED) is 0.772. The Labute approximate surface area is 123 Å². The molecule has 118 valence electrons. The molecule has 0 aliphatic rings. The second kappa shape index (κ2) is 6.12. The van der Waals surface area contributed by atoms with Gasteiger partial charge in [-0.3, -0.25) is 4.79 Å². The maximum atomic E-state index is 12.7. The van der Waals surface area contributed by atoms with E-state index in [1.165, 1.54) is 6.07 Å². The summed E-state index contributed by atoms with van der Waals surface area (Å²) in [5, 5.41) is 10.4. The molecule has 0 radical (unpaired) electrons. The van der Waals surface area contributed by atoms with Gasteiger partial charge in [-0.05, 0) is 18.2 Å². The molecule has 0 bridgehead atoms. The first-order valence-corrected chi connectivity index (χ1v) is 6.12. The molecule has 1 unspecified atom stereocenters. The van der Waals surface area contributed by atoms with Crippen molar-refractivity contribution in [1.82, 2.24) is 0 Å². The van der Waals surface area contributed by atoms with Crippen LogP contribution in [0.3, 0.4) is 0 Å². The minimum absolute atomic E-state index is 0.0889. The fraction of sp³-hybridized carbons (Fsp3) is 0.364. The highest BCUT2D eigenvalue weighted by Gasteiger charge is 2.45. The fourth-order valence-electron chi connectivity index (χ4n) is 1.46. The molecule has 2 N–H and O–H groups in total. The van der Waals surface area contributed by atoms with E-state index in [1.807, 2.05) is 5.32 Å². The standard InChI is InChI=1S/C11H8BrF6NO2/c12-5-1-2-8(6(3-5)10(13,14)15)19-4-7(9(20)21)11(16,17)18/h1-3,7,19H,4H2,(H,20,21). The minimum atomic E-state index is -5.06. The molecule has 0 heterocycles. The monoisotopic (exact) mass is 379 g/mol. The topological polar surface area (TPSA) is 49.3 Å². The number of anilines is 1. The molecule has 0 spiro atoms. The number of benzene rings is 1. The number of nitrogens with one attached hydrogen (secondary N) is 1. The number of aliphatic carboxylic acids is 1. The summed E-state index contributed by atoms with van der Waals surface area (Å²) in [6, 6.07) is 2.80. The van der Waals surface area contributed by atoms with E-state index < -0.39 is 42.0 Å². The van der Waals surface area contributed by atoms with E-state index in [9.17, 15) is 31.1 Å². The van der Waals surface area contributed by atoms with Crippen LogP contribution in [-0.4, -0.2) is 23.8 Å². The van der Waals surface area contributed by atoms with Crippen LogP contribution in [-0.2, 0) is 11.0 Å². The molecule has 1 aromatic rings. The fourth-order valence-corrected chi connectivity index (χ4v) is 1.82. The zero-order valence-electron chi connectivity index (χ0n) is 10.0. The highest BCUT2D eigenvalue weighted by Crippen LogP contribution is 2.37. The molecule has 10 heteroatoms. The van der Waals surface area contributed by atoms with Gasteiger partial charge in [0.2, 0.25) is 0 Å². The maximum Gasteiger partial charge on any atom is 0.418 e. The summed E-state index contributed by atoms with van der Waals surface area (Å²) in [6.07, 6.45) is -9.85. The van der Waals surface area contributed by atoms with Crippen molar-refractivity contribution >= 4 is 27.6 Å². The van der Waals surface area contributed by atoms with Gasteiger partial charge in [-0.2, -0.15) is 26.3 Å². The Hall–Kier alpha value is -1.45. The zero-order chi connectivity index (χ0) is 16.4. The molecule has 0 saturated carbocycles. The number of alkyl halides is 6. The Balaban J connectivity index is 3.01. The highest BCUT2D eigenvalue weighted by molar-refractivity contribution is 9.10. The third kappa shape index (κ3) is 4.80. The van der Waals surface area contributed by atoms with Gasteiger partial charge in [0.05, 0.1) is 5.56 Å². The van der Waals surface area contributed by atoms with Crippen molar-refractivity contribution in [1.29, 1.82) is 0 Å². The van der Waals surface area contributed by atoms with Crippen molar-refractivity contribution in [2.24, 2.45) is 5.92 Å². The third-order valence-electron chi connectivity index (χ3n) is 2.48. The summed E-state index contributed by atoms with van der Waals surface area (Å²) >= 11 is 2.82. The largest absolute Gasteiger partial charge is 0.481 e. The number of halogens is 7. The average Bonchev–Trinajstić information content (AvgIpc) is 2.27. The zero-order valence-corrected chi connectivity index (χ0v) is 11.6. The van der Waals surface area contributed by atoms with Crippen LogP contribution in [0.1, 0.15) is 5.56 Å². The van der Waals surface area contributed by atoms with Gasteiger partial charge in [0, 0.05) is 16.7 Å². The minimum Gasteiger partial charge on any atom is -0.481 e. The average molecular weight is 380 g/mol. The van der Waals surface area contributed by atoms with Gasteiger partial charge in [0.1, 0.15) is 0 Å². The Kier molecular flexibility index (Phi) is 5.13. The Morgan fingerprint density at radius 2 is 1.81 bits per heavy atom. The molecule has 0 aromatic heterocycles. The lowest BCUT2D eigenvalue weighted by Gasteiger charge is -2.19. The lowest BCUT2D eigenvalue weighted by molar-refractivity contribution is -0.190. The molecule has 0 aliphatic heterocycles. The number of hydrogen-bond acceptors (Lipinski definition) is 2. The van der Waals surface area contributed by atoms with Crippen molar-refractivity contribution in [3.63, 3.8) is 0 Å². The van der Waals surface area contributed by atoms with E-state index in [4.69, 9.17) is 5.11 Å². The Bertz CT molecular complexity index is 528. The summed E-state index contributed by atoms with van der Waals surface area (Å²) in [6.45, 7) is -1.20. The lowest BCUT2D eigenvalue weighted by atomic mass is 10.1. The van der Waals surface area contributed by atoms with Gasteiger partial charge < -0.3 is 10.4 Å². The summed E-state index contributed by atoms with van der Waals surface area (Å²) in [7, 11) is 0. The highest BCUT2D eigenvalue weighted by atomic mass is 79.9. The van der Waals surface area contributed by atoms with Gasteiger partial charge in [-0.1, -0.05) is 15.9 Å². The normalized spacial score (nSPS) is 13.9. The van der Waals surface area contributed by atoms with Crippen LogP contribution in [0, 0.1) is 5.92 Å². The van der Waals surface area contributed by atoms with Gasteiger partial charge in [0.25, 0.3) is 0 Å². The number of hydrogen-bond donors (Lipinski definition) is 2. The van der Waals surface area contributed by atoms with Crippen molar-refractivity contribution < 1.29 is 36.2 Å². The summed E-state index contributed by atoms with van der Waals surface area (Å²) < 4.78 is 75.6. The van der Waals surface area contributed by atoms with E-state index in [2.05, 4.69) is 15.9 Å². The van der Waals surface area contributed by atoms with Gasteiger partial charge in [-0.25, -0.2) is 0 Å². The number of carbonyl (C=O) groups is 1. The molecule has 0 aliphatic carbocycles. The number of carboxylic acid groups (broad SMARTS) is 1. The molecular weight excluding hydrogens is 372 g/mol. The molecule has 1 aromatic carbocycles. The number of carboxylic acids is 1. The van der Waals surface area contributed by atoms with Crippen LogP contribution >= 0.6 is 15.9 Å². The lowest BCUT2D eigenvalue weighted by Crippen LogP contribution is -2.36. The molecule has 0 amide bonds. The predicted molar refractivity (Wildman–Crippen MR) is 64.8 cm³/mol. The molecule has 3 nitrogen and oxygen atoms in total. The molecule has 0 fully saturated rings. The smallest absolute Gasteiger partial charge is 0.418 e. The second-order valence-electron chi connectivity index (χ2n) is 4.00. The van der Waals surface area contributed by atoms with Crippen LogP contribution in [0.4, 0.5) is 32.0 Å². The van der Waals surface area contributed by atoms with E-state index in [0.29, 0.717) is 6.07 Å². The first kappa shape index (κ1) is 17.6. The summed E-state index contributed by atoms with van der Waals surface area (Å²) in [5.41, 5.74) is -1.82. The second-order valence-corrected chi connectivity index (χ2v) is 4.92. The van der Waals surface area contributed by atoms with E-state index in [0.717, 1.165) is 6.07 Å². The van der Waals surface area contributed by atoms with Crippen molar-refractivity contribution in [3.8, 4) is 0 Å². The van der Waals surface area contributed by atoms with Gasteiger partial charge in [-0.15, -0.1) is 0 Å². The predicted octanol–water partition coefficient (Wildman–Crippen LogP) is 4.14. The van der Waals surface area contributed by atoms with Crippen LogP contribution in [0.5, 0.6) is 0 Å². The van der Waals surface area contributed by atoms with E-state index in [1.54, 1.807) is 0 Å². The Morgan fingerprint density at radius 3 is 2.24 bits per heavy atom. The molecule has 21 heavy (non-hydrogen) atoms. The SMILES string of the molecule is O=C(O)C(CNc1ccc(Br)cc1C(F)(F)F)C(F)(F)F. The van der Waals surface area contributed by atoms with Crippen LogP contribution in [0.25, 0.3) is 0 Å². The molecular formula is C11H8BrF6NO2. The van der Waals surface area contributed by atoms with Crippen molar-refractivity contribution in [2.75, 3.05) is 11.9 Å². The summed E-state index contributed by atoms with van der Waals surface area (Å²) in [5.74, 6) is -4.97. The van der Waals surface area contributed by atoms with Crippen molar-refractivity contribution in [3.05, 3.63) is 28.2 Å². The van der Waals surface area contributed by atoms with Gasteiger partial charge >= 0.3 is 18.3 Å². The number of rotatable bonds is 4. The van der Waals surface area contributed by atoms with Crippen LogP contribution in [0.15, 0.2) is 22.7 Å². The molecule has 1 atom stereocenters. The molecule has 0 saturated heterocycles. The van der Waals surface area contributed by atoms with Crippen molar-refractivity contribution in [2.45, 2.75) is 12.4 Å². The Morgan fingerprint density at radius 1 is 1.24 bits per heavy atom. The summed E-state index contributed by atoms with van der Waals surface area (Å²) in [4.78, 5) is 10.5. The first-order chi connectivity index (χ1) is 9.43.